The number of benzene rings is 1. The van der Waals surface area contributed by atoms with Crippen molar-refractivity contribution in [2.75, 3.05) is 27.2 Å². The van der Waals surface area contributed by atoms with Crippen LogP contribution >= 0.6 is 0 Å². The Hall–Kier alpha value is -2.12. The molecule has 1 unspecified atom stereocenters. The van der Waals surface area contributed by atoms with E-state index < -0.39 is 12.0 Å². The first-order valence-corrected chi connectivity index (χ1v) is 6.26. The van der Waals surface area contributed by atoms with Gasteiger partial charge in [-0.1, -0.05) is 12.1 Å². The van der Waals surface area contributed by atoms with E-state index in [0.29, 0.717) is 17.6 Å². The lowest BCUT2D eigenvalue weighted by Crippen LogP contribution is -2.38. The number of nitrogens with zero attached hydrogens (tertiary/aromatic N) is 4. The zero-order valence-corrected chi connectivity index (χ0v) is 11.4. The lowest BCUT2D eigenvalue weighted by Gasteiger charge is -2.15. The zero-order chi connectivity index (χ0) is 14.5. The van der Waals surface area contributed by atoms with E-state index in [-0.39, 0.29) is 12.4 Å². The molecule has 0 radical (unpaired) electrons. The van der Waals surface area contributed by atoms with E-state index in [0.717, 1.165) is 0 Å². The van der Waals surface area contributed by atoms with Crippen molar-refractivity contribution >= 4 is 16.9 Å². The van der Waals surface area contributed by atoms with Gasteiger partial charge in [0.15, 0.2) is 0 Å². The second kappa shape index (κ2) is 6.36. The Morgan fingerprint density at radius 2 is 2.00 bits per heavy atom. The molecule has 2 aromatic rings. The lowest BCUT2D eigenvalue weighted by atomic mass is 10.3. The molecule has 7 heteroatoms. The smallest absolute Gasteiger partial charge is 0.291 e. The number of carbonyl (C=O) groups is 1. The van der Waals surface area contributed by atoms with Crippen LogP contribution in [0.15, 0.2) is 24.3 Å². The fraction of sp³-hybridized carbons (Fsp3) is 0.385. The summed E-state index contributed by atoms with van der Waals surface area (Å²) in [5.74, 6) is -0.443. The average molecular weight is 275 g/mol. The van der Waals surface area contributed by atoms with Gasteiger partial charge in [0.2, 0.25) is 5.82 Å². The summed E-state index contributed by atoms with van der Waals surface area (Å²) in [6.07, 6.45) is -0.637. The molecule has 0 spiro atoms. The maximum absolute atomic E-state index is 11.9. The van der Waals surface area contributed by atoms with Crippen LogP contribution in [0.3, 0.4) is 0 Å². The Morgan fingerprint density at radius 3 is 2.70 bits per heavy atom. The predicted octanol–water partition coefficient (Wildman–Crippen LogP) is -0.323. The Bertz CT molecular complexity index is 602. The highest BCUT2D eigenvalue weighted by atomic mass is 16.3. The summed E-state index contributed by atoms with van der Waals surface area (Å²) in [4.78, 5) is 17.9. The average Bonchev–Trinajstić information content (AvgIpc) is 2.43. The summed E-state index contributed by atoms with van der Waals surface area (Å²) in [5, 5.41) is 20.0. The van der Waals surface area contributed by atoms with Crippen molar-refractivity contribution in [2.24, 2.45) is 0 Å². The van der Waals surface area contributed by atoms with Crippen molar-refractivity contribution in [3.8, 4) is 0 Å². The van der Waals surface area contributed by atoms with Gasteiger partial charge in [0.25, 0.3) is 5.91 Å². The van der Waals surface area contributed by atoms with Gasteiger partial charge >= 0.3 is 0 Å². The summed E-state index contributed by atoms with van der Waals surface area (Å²) in [6.45, 7) is 0.615. The molecule has 0 aliphatic rings. The highest BCUT2D eigenvalue weighted by molar-refractivity contribution is 5.91. The molecule has 106 valence electrons. The first-order valence-electron chi connectivity index (χ1n) is 6.26. The van der Waals surface area contributed by atoms with E-state index >= 15 is 0 Å². The van der Waals surface area contributed by atoms with Crippen LogP contribution in [0.4, 0.5) is 0 Å². The second-order valence-corrected chi connectivity index (χ2v) is 4.75. The minimum Gasteiger partial charge on any atom is -0.390 e. The Balaban J connectivity index is 2.00. The molecule has 20 heavy (non-hydrogen) atoms. The van der Waals surface area contributed by atoms with Crippen molar-refractivity contribution in [1.82, 2.24) is 25.4 Å². The highest BCUT2D eigenvalue weighted by Gasteiger charge is 2.13. The van der Waals surface area contributed by atoms with Crippen LogP contribution in [0.2, 0.25) is 0 Å². The number of rotatable bonds is 5. The molecule has 2 N–H and O–H groups in total. The number of amides is 1. The van der Waals surface area contributed by atoms with Gasteiger partial charge in [-0.15, -0.1) is 10.2 Å². The van der Waals surface area contributed by atoms with Crippen LogP contribution < -0.4 is 5.32 Å². The predicted molar refractivity (Wildman–Crippen MR) is 74.2 cm³/mol. The molecule has 1 aromatic heterocycles. The zero-order valence-electron chi connectivity index (χ0n) is 11.4. The number of aromatic nitrogens is 3. The van der Waals surface area contributed by atoms with Crippen molar-refractivity contribution in [1.29, 1.82) is 0 Å². The first kappa shape index (κ1) is 14.3. The molecule has 0 bridgehead atoms. The number of aliphatic hydroxyl groups excluding tert-OH is 1. The molecule has 1 heterocycles. The fourth-order valence-corrected chi connectivity index (χ4v) is 1.75. The highest BCUT2D eigenvalue weighted by Crippen LogP contribution is 2.06. The third kappa shape index (κ3) is 3.69. The maximum atomic E-state index is 11.9. The van der Waals surface area contributed by atoms with Gasteiger partial charge in [-0.25, -0.2) is 4.98 Å². The summed E-state index contributed by atoms with van der Waals surface area (Å²) < 4.78 is 0. The van der Waals surface area contributed by atoms with Gasteiger partial charge < -0.3 is 15.3 Å². The van der Waals surface area contributed by atoms with Crippen molar-refractivity contribution in [3.63, 3.8) is 0 Å². The number of hydrogen-bond donors (Lipinski definition) is 2. The molecular formula is C13H17N5O2. The molecule has 2 rings (SSSR count). The van der Waals surface area contributed by atoms with Crippen molar-refractivity contribution in [2.45, 2.75) is 6.10 Å². The number of carbonyl (C=O) groups excluding carboxylic acids is 1. The quantitative estimate of drug-likeness (QED) is 0.777. The van der Waals surface area contributed by atoms with Gasteiger partial charge in [0.1, 0.15) is 5.52 Å². The molecule has 0 saturated carbocycles. The van der Waals surface area contributed by atoms with E-state index in [1.54, 1.807) is 12.1 Å². The van der Waals surface area contributed by atoms with E-state index in [2.05, 4.69) is 20.5 Å². The van der Waals surface area contributed by atoms with E-state index in [9.17, 15) is 9.90 Å². The van der Waals surface area contributed by atoms with E-state index in [1.807, 2.05) is 31.1 Å². The third-order valence-electron chi connectivity index (χ3n) is 2.64. The summed E-state index contributed by atoms with van der Waals surface area (Å²) >= 11 is 0. The van der Waals surface area contributed by atoms with Crippen molar-refractivity contribution in [3.05, 3.63) is 30.1 Å². The maximum Gasteiger partial charge on any atom is 0.291 e. The van der Waals surface area contributed by atoms with Crippen LogP contribution in [0.1, 0.15) is 10.6 Å². The molecular weight excluding hydrogens is 258 g/mol. The summed E-state index contributed by atoms with van der Waals surface area (Å²) in [7, 11) is 3.70. The molecule has 1 aromatic carbocycles. The van der Waals surface area contributed by atoms with Crippen LogP contribution in [-0.2, 0) is 0 Å². The SMILES string of the molecule is CN(C)CC(O)CNC(=O)c1nnc2ccccc2n1. The van der Waals surface area contributed by atoms with Gasteiger partial charge in [-0.05, 0) is 26.2 Å². The third-order valence-corrected chi connectivity index (χ3v) is 2.64. The minimum atomic E-state index is -0.637. The molecule has 0 aliphatic heterocycles. The van der Waals surface area contributed by atoms with Gasteiger partial charge in [0, 0.05) is 13.1 Å². The number of nitrogens with one attached hydrogen (secondary N) is 1. The molecule has 1 amide bonds. The Kier molecular flexibility index (Phi) is 4.54. The Morgan fingerprint density at radius 1 is 1.30 bits per heavy atom. The van der Waals surface area contributed by atoms with Gasteiger partial charge in [0.05, 0.1) is 11.6 Å². The first-order chi connectivity index (χ1) is 9.56. The van der Waals surface area contributed by atoms with Crippen molar-refractivity contribution < 1.29 is 9.90 Å². The van der Waals surface area contributed by atoms with Gasteiger partial charge in [-0.3, -0.25) is 4.79 Å². The minimum absolute atomic E-state index is 0.000697. The molecule has 0 saturated heterocycles. The van der Waals surface area contributed by atoms with Crippen LogP contribution in [-0.4, -0.2) is 64.4 Å². The topological polar surface area (TPSA) is 91.2 Å². The Labute approximate surface area is 116 Å². The van der Waals surface area contributed by atoms with Crippen LogP contribution in [0, 0.1) is 0 Å². The number of hydrogen-bond acceptors (Lipinski definition) is 6. The van der Waals surface area contributed by atoms with E-state index in [4.69, 9.17) is 0 Å². The molecule has 0 aliphatic carbocycles. The number of likely N-dealkylation sites (N-methyl/N-ethyl adjacent to an activating group) is 1. The summed E-state index contributed by atoms with van der Waals surface area (Å²) in [5.41, 5.74) is 1.25. The monoisotopic (exact) mass is 275 g/mol. The number of aliphatic hydroxyl groups is 1. The fourth-order valence-electron chi connectivity index (χ4n) is 1.75. The standard InChI is InChI=1S/C13H17N5O2/c1-18(2)8-9(19)7-14-13(20)12-15-10-5-3-4-6-11(10)16-17-12/h3-6,9,19H,7-8H2,1-2H3,(H,14,20). The normalized spacial score (nSPS) is 12.6. The second-order valence-electron chi connectivity index (χ2n) is 4.75. The largest absolute Gasteiger partial charge is 0.390 e. The number of fused-ring (bicyclic) bond motifs is 1. The van der Waals surface area contributed by atoms with Crippen LogP contribution in [0.25, 0.3) is 11.0 Å². The van der Waals surface area contributed by atoms with Crippen LogP contribution in [0.5, 0.6) is 0 Å². The molecule has 7 nitrogen and oxygen atoms in total. The molecule has 1 atom stereocenters. The van der Waals surface area contributed by atoms with Gasteiger partial charge in [-0.2, -0.15) is 0 Å². The molecule has 0 fully saturated rings. The van der Waals surface area contributed by atoms with E-state index in [1.165, 1.54) is 0 Å². The number of para-hydroxylation sites is 1. The summed E-state index contributed by atoms with van der Waals surface area (Å²) in [6, 6.07) is 7.19. The lowest BCUT2D eigenvalue weighted by molar-refractivity contribution is 0.0882.